The minimum Gasteiger partial charge on any atom is -0.480 e. The summed E-state index contributed by atoms with van der Waals surface area (Å²) in [6, 6.07) is 26.3. The van der Waals surface area contributed by atoms with Crippen LogP contribution in [0.4, 0.5) is 0 Å². The van der Waals surface area contributed by atoms with Gasteiger partial charge in [0.05, 0.1) is 17.5 Å². The number of aliphatic carboxylic acids is 1. The number of ketones is 1. The van der Waals surface area contributed by atoms with E-state index in [1.165, 1.54) is 0 Å². The first kappa shape index (κ1) is 23.7. The second-order valence-electron chi connectivity index (χ2n) is 8.77. The molecule has 0 bridgehead atoms. The van der Waals surface area contributed by atoms with Crippen molar-refractivity contribution in [3.05, 3.63) is 107 Å². The lowest BCUT2D eigenvalue weighted by Gasteiger charge is -2.16. The Morgan fingerprint density at radius 1 is 0.973 bits per heavy atom. The van der Waals surface area contributed by atoms with E-state index < -0.39 is 29.6 Å². The fourth-order valence-electron chi connectivity index (χ4n) is 4.62. The Bertz CT molecular complexity index is 1540. The SMILES string of the molecule is N#CC(C(=O)NC(Cc1ccccc1)C(=O)O)C(=O)c1nn(-c2ccccc2)c2c1Cc1ccccc1-2. The number of rotatable bonds is 8. The highest BCUT2D eigenvalue weighted by atomic mass is 16.4. The Labute approximate surface area is 212 Å². The average molecular weight is 491 g/mol. The van der Waals surface area contributed by atoms with Crippen LogP contribution in [0.25, 0.3) is 16.9 Å². The first-order valence-electron chi connectivity index (χ1n) is 11.7. The molecule has 8 heteroatoms. The maximum Gasteiger partial charge on any atom is 0.326 e. The lowest BCUT2D eigenvalue weighted by atomic mass is 9.97. The standard InChI is InChI=1S/C29H22N4O4/c30-17-23(28(35)31-24(29(36)37)15-18-9-3-1-4-10-18)27(34)25-22-16-19-11-7-8-14-21(19)26(22)33(32-25)20-12-5-2-6-13-20/h1-14,23-24H,15-16H2,(H,31,35)(H,36,37). The number of hydrogen-bond acceptors (Lipinski definition) is 5. The molecular weight excluding hydrogens is 468 g/mol. The van der Waals surface area contributed by atoms with Crippen LogP contribution in [0.3, 0.4) is 0 Å². The predicted octanol–water partition coefficient (Wildman–Crippen LogP) is 3.58. The Morgan fingerprint density at radius 3 is 2.30 bits per heavy atom. The number of Topliss-reactive ketones (excluding diaryl/α,β-unsaturated/α-hetero) is 1. The summed E-state index contributed by atoms with van der Waals surface area (Å²) in [6.45, 7) is 0. The quantitative estimate of drug-likeness (QED) is 0.253. The van der Waals surface area contributed by atoms with Crippen molar-refractivity contribution >= 4 is 17.7 Å². The molecule has 37 heavy (non-hydrogen) atoms. The van der Waals surface area contributed by atoms with Gasteiger partial charge < -0.3 is 10.4 Å². The number of fused-ring (bicyclic) bond motifs is 3. The third kappa shape index (κ3) is 4.50. The topological polar surface area (TPSA) is 125 Å². The normalized spacial score (nSPS) is 13.1. The molecule has 2 N–H and O–H groups in total. The molecule has 2 unspecified atom stereocenters. The third-order valence-corrected chi connectivity index (χ3v) is 6.41. The summed E-state index contributed by atoms with van der Waals surface area (Å²) in [4.78, 5) is 38.4. The molecule has 5 rings (SSSR count). The Morgan fingerprint density at radius 2 is 1.62 bits per heavy atom. The number of carbonyl (C=O) groups excluding carboxylic acids is 2. The van der Waals surface area contributed by atoms with Gasteiger partial charge in [-0.3, -0.25) is 9.59 Å². The van der Waals surface area contributed by atoms with Crippen LogP contribution in [-0.2, 0) is 22.4 Å². The molecule has 1 aliphatic carbocycles. The molecule has 0 spiro atoms. The van der Waals surface area contributed by atoms with E-state index in [-0.39, 0.29) is 12.1 Å². The van der Waals surface area contributed by atoms with Crippen molar-refractivity contribution in [1.82, 2.24) is 15.1 Å². The molecule has 1 aliphatic rings. The summed E-state index contributed by atoms with van der Waals surface area (Å²) in [5.41, 5.74) is 4.80. The fourth-order valence-corrected chi connectivity index (χ4v) is 4.62. The number of nitrogens with one attached hydrogen (secondary N) is 1. The van der Waals surface area contributed by atoms with Gasteiger partial charge >= 0.3 is 5.97 Å². The number of benzene rings is 3. The fraction of sp³-hybridized carbons (Fsp3) is 0.138. The van der Waals surface area contributed by atoms with Gasteiger partial charge in [-0.1, -0.05) is 72.8 Å². The number of para-hydroxylation sites is 1. The van der Waals surface area contributed by atoms with Crippen LogP contribution in [0.15, 0.2) is 84.9 Å². The maximum atomic E-state index is 13.6. The van der Waals surface area contributed by atoms with Crippen LogP contribution in [-0.4, -0.2) is 38.6 Å². The number of amides is 1. The van der Waals surface area contributed by atoms with E-state index in [9.17, 15) is 24.8 Å². The van der Waals surface area contributed by atoms with E-state index in [0.717, 1.165) is 22.5 Å². The number of nitrogens with zero attached hydrogens (tertiary/aromatic N) is 3. The van der Waals surface area contributed by atoms with Gasteiger partial charge in [-0.15, -0.1) is 0 Å². The van der Waals surface area contributed by atoms with Crippen LogP contribution in [0, 0.1) is 17.2 Å². The van der Waals surface area contributed by atoms with Crippen molar-refractivity contribution in [2.45, 2.75) is 18.9 Å². The van der Waals surface area contributed by atoms with Crippen molar-refractivity contribution in [2.24, 2.45) is 5.92 Å². The molecule has 1 heterocycles. The summed E-state index contributed by atoms with van der Waals surface area (Å²) >= 11 is 0. The smallest absolute Gasteiger partial charge is 0.326 e. The summed E-state index contributed by atoms with van der Waals surface area (Å²) in [5, 5.41) is 26.4. The van der Waals surface area contributed by atoms with Gasteiger partial charge in [0.15, 0.2) is 5.92 Å². The first-order chi connectivity index (χ1) is 18.0. The van der Waals surface area contributed by atoms with Crippen molar-refractivity contribution in [3.8, 4) is 23.0 Å². The lowest BCUT2D eigenvalue weighted by molar-refractivity contribution is -0.142. The van der Waals surface area contributed by atoms with Gasteiger partial charge in [0.25, 0.3) is 0 Å². The summed E-state index contributed by atoms with van der Waals surface area (Å²) in [7, 11) is 0. The van der Waals surface area contributed by atoms with Crippen LogP contribution in [0.1, 0.15) is 27.2 Å². The van der Waals surface area contributed by atoms with Gasteiger partial charge in [-0.05, 0) is 23.3 Å². The highest BCUT2D eigenvalue weighted by Gasteiger charge is 2.37. The van der Waals surface area contributed by atoms with Crippen molar-refractivity contribution in [1.29, 1.82) is 5.26 Å². The van der Waals surface area contributed by atoms with E-state index in [1.807, 2.05) is 54.6 Å². The van der Waals surface area contributed by atoms with E-state index in [2.05, 4.69) is 10.4 Å². The van der Waals surface area contributed by atoms with E-state index in [1.54, 1.807) is 41.1 Å². The van der Waals surface area contributed by atoms with Crippen molar-refractivity contribution in [2.75, 3.05) is 0 Å². The highest BCUT2D eigenvalue weighted by molar-refractivity contribution is 6.13. The zero-order valence-corrected chi connectivity index (χ0v) is 19.7. The number of hydrogen-bond donors (Lipinski definition) is 2. The minimum atomic E-state index is -1.75. The van der Waals surface area contributed by atoms with Gasteiger partial charge in [-0.25, -0.2) is 9.48 Å². The molecule has 0 radical (unpaired) electrons. The molecule has 1 amide bonds. The van der Waals surface area contributed by atoms with Crippen molar-refractivity contribution < 1.29 is 19.5 Å². The predicted molar refractivity (Wildman–Crippen MR) is 135 cm³/mol. The lowest BCUT2D eigenvalue weighted by Crippen LogP contribution is -2.46. The Kier molecular flexibility index (Phi) is 6.35. The molecule has 8 nitrogen and oxygen atoms in total. The third-order valence-electron chi connectivity index (χ3n) is 6.41. The zero-order chi connectivity index (χ0) is 25.9. The van der Waals surface area contributed by atoms with Gasteiger partial charge in [0, 0.05) is 24.0 Å². The van der Waals surface area contributed by atoms with Gasteiger partial charge in [0.2, 0.25) is 11.7 Å². The van der Waals surface area contributed by atoms with E-state index >= 15 is 0 Å². The minimum absolute atomic E-state index is 0.0155. The van der Waals surface area contributed by atoms with Gasteiger partial charge in [0.1, 0.15) is 11.7 Å². The first-order valence-corrected chi connectivity index (χ1v) is 11.7. The molecule has 0 saturated carbocycles. The second-order valence-corrected chi connectivity index (χ2v) is 8.77. The molecule has 2 atom stereocenters. The molecule has 0 aliphatic heterocycles. The highest BCUT2D eigenvalue weighted by Crippen LogP contribution is 2.40. The molecule has 0 saturated heterocycles. The summed E-state index contributed by atoms with van der Waals surface area (Å²) in [5.74, 6) is -4.73. The number of carboxylic acids is 1. The average Bonchev–Trinajstić information content (AvgIpc) is 3.47. The van der Waals surface area contributed by atoms with Gasteiger partial charge in [-0.2, -0.15) is 10.4 Å². The van der Waals surface area contributed by atoms with E-state index in [4.69, 9.17) is 0 Å². The second kappa shape index (κ2) is 9.91. The number of aromatic nitrogens is 2. The number of nitriles is 1. The molecule has 182 valence electrons. The summed E-state index contributed by atoms with van der Waals surface area (Å²) in [6.07, 6.45) is 0.451. The maximum absolute atomic E-state index is 13.6. The largest absolute Gasteiger partial charge is 0.480 e. The van der Waals surface area contributed by atoms with Crippen LogP contribution < -0.4 is 5.32 Å². The summed E-state index contributed by atoms with van der Waals surface area (Å²) < 4.78 is 1.66. The molecule has 4 aromatic rings. The van der Waals surface area contributed by atoms with E-state index in [0.29, 0.717) is 17.5 Å². The van der Waals surface area contributed by atoms with Crippen LogP contribution in [0.5, 0.6) is 0 Å². The molecule has 1 aromatic heterocycles. The molecule has 3 aromatic carbocycles. The van der Waals surface area contributed by atoms with Crippen molar-refractivity contribution in [3.63, 3.8) is 0 Å². The van der Waals surface area contributed by atoms with Crippen LogP contribution >= 0.6 is 0 Å². The van der Waals surface area contributed by atoms with Crippen LogP contribution in [0.2, 0.25) is 0 Å². The zero-order valence-electron chi connectivity index (χ0n) is 19.7. The molecule has 0 fully saturated rings. The Hall–Kier alpha value is -5.03. The Balaban J connectivity index is 1.47. The molecular formula is C29H22N4O4. The number of carboxylic acid groups (broad SMARTS) is 1. The monoisotopic (exact) mass is 490 g/mol. The number of carbonyl (C=O) groups is 3.